The number of sulfonamides is 1. The number of fused-ring (bicyclic) bond motifs is 2. The number of ether oxygens (including phenoxy) is 2. The molecule has 1 aliphatic heterocycles. The standard InChI is InChI=1S/C26H30N2O5S/c1-25(2,3)22-12-17-9-16(10-18(24(17)28-22)14-27-34(4,30)31)11-23(29)26(7-8-26)19-5-6-20-21(13-19)33-15-32-20/h5-6,9-10,12-13,27-28H,7-8,11,14-15H2,1-4H3. The van der Waals surface area contributed by atoms with Gasteiger partial charge < -0.3 is 14.5 Å². The number of aromatic amines is 1. The topological polar surface area (TPSA) is 97.5 Å². The van der Waals surface area contributed by atoms with Crippen LogP contribution in [0.3, 0.4) is 0 Å². The number of hydrogen-bond acceptors (Lipinski definition) is 5. The maximum Gasteiger partial charge on any atom is 0.231 e. The molecule has 1 aromatic heterocycles. The zero-order chi connectivity index (χ0) is 24.3. The summed E-state index contributed by atoms with van der Waals surface area (Å²) in [5.74, 6) is 1.57. The Balaban J connectivity index is 1.47. The van der Waals surface area contributed by atoms with E-state index >= 15 is 0 Å². The molecule has 0 unspecified atom stereocenters. The lowest BCUT2D eigenvalue weighted by molar-refractivity contribution is -0.120. The molecule has 7 nitrogen and oxygen atoms in total. The van der Waals surface area contributed by atoms with Crippen molar-refractivity contribution in [2.75, 3.05) is 13.0 Å². The number of nitrogens with one attached hydrogen (secondary N) is 2. The van der Waals surface area contributed by atoms with Gasteiger partial charge in [-0.2, -0.15) is 0 Å². The van der Waals surface area contributed by atoms with Crippen LogP contribution in [0.5, 0.6) is 11.5 Å². The molecule has 0 amide bonds. The molecule has 2 aromatic carbocycles. The van der Waals surface area contributed by atoms with Gasteiger partial charge in [0.15, 0.2) is 11.5 Å². The van der Waals surface area contributed by atoms with E-state index in [4.69, 9.17) is 9.47 Å². The second-order valence-electron chi connectivity index (χ2n) is 10.5. The predicted molar refractivity (Wildman–Crippen MR) is 131 cm³/mol. The number of ketones is 1. The Labute approximate surface area is 199 Å². The van der Waals surface area contributed by atoms with Crippen molar-refractivity contribution >= 4 is 26.7 Å². The number of rotatable bonds is 7. The van der Waals surface area contributed by atoms with Crippen LogP contribution >= 0.6 is 0 Å². The summed E-state index contributed by atoms with van der Waals surface area (Å²) in [4.78, 5) is 17.0. The number of Topliss-reactive ketones (excluding diaryl/α,β-unsaturated/α-hetero) is 1. The quantitative estimate of drug-likeness (QED) is 0.529. The molecule has 8 heteroatoms. The Hall–Kier alpha value is -2.84. The Morgan fingerprint density at radius 1 is 1.09 bits per heavy atom. The zero-order valence-electron chi connectivity index (χ0n) is 19.9. The number of carbonyl (C=O) groups is 1. The van der Waals surface area contributed by atoms with Crippen LogP contribution in [0.25, 0.3) is 10.9 Å². The number of hydrogen-bond donors (Lipinski definition) is 2. The van der Waals surface area contributed by atoms with E-state index in [1.807, 2.05) is 30.3 Å². The third kappa shape index (κ3) is 4.32. The first-order valence-corrected chi connectivity index (χ1v) is 13.4. The lowest BCUT2D eigenvalue weighted by Crippen LogP contribution is -2.23. The third-order valence-corrected chi connectivity index (χ3v) is 7.44. The van der Waals surface area contributed by atoms with Gasteiger partial charge in [0.05, 0.1) is 17.2 Å². The van der Waals surface area contributed by atoms with Gasteiger partial charge >= 0.3 is 0 Å². The highest BCUT2D eigenvalue weighted by Crippen LogP contribution is 2.51. The van der Waals surface area contributed by atoms with Crippen molar-refractivity contribution in [3.8, 4) is 11.5 Å². The minimum Gasteiger partial charge on any atom is -0.454 e. The SMILES string of the molecule is CC(C)(C)c1cc2cc(CC(=O)C3(c4ccc5c(c4)OCO5)CC3)cc(CNS(C)(=O)=O)c2[nH]1. The maximum absolute atomic E-state index is 13.5. The van der Waals surface area contributed by atoms with Crippen LogP contribution in [-0.2, 0) is 38.6 Å². The summed E-state index contributed by atoms with van der Waals surface area (Å²) in [5, 5.41) is 0.980. The van der Waals surface area contributed by atoms with Crippen LogP contribution in [-0.4, -0.2) is 32.2 Å². The number of benzene rings is 2. The van der Waals surface area contributed by atoms with Crippen molar-refractivity contribution in [1.82, 2.24) is 9.71 Å². The van der Waals surface area contributed by atoms with E-state index < -0.39 is 15.4 Å². The number of H-pyrrole nitrogens is 1. The fourth-order valence-corrected chi connectivity index (χ4v) is 5.06. The van der Waals surface area contributed by atoms with Gasteiger partial charge in [-0.05, 0) is 53.8 Å². The average Bonchev–Trinajstić information content (AvgIpc) is 3.22. The predicted octanol–water partition coefficient (Wildman–Crippen LogP) is 4.09. The Kier molecular flexibility index (Phi) is 5.29. The van der Waals surface area contributed by atoms with E-state index in [2.05, 4.69) is 36.5 Å². The second-order valence-corrected chi connectivity index (χ2v) is 12.3. The third-order valence-electron chi connectivity index (χ3n) is 6.78. The number of carbonyl (C=O) groups excluding carboxylic acids is 1. The molecule has 2 N–H and O–H groups in total. The molecule has 0 saturated heterocycles. The lowest BCUT2D eigenvalue weighted by Gasteiger charge is -2.16. The van der Waals surface area contributed by atoms with Gasteiger partial charge in [-0.3, -0.25) is 4.79 Å². The zero-order valence-corrected chi connectivity index (χ0v) is 20.8. The summed E-state index contributed by atoms with van der Waals surface area (Å²) in [6.45, 7) is 6.74. The van der Waals surface area contributed by atoms with Crippen molar-refractivity contribution in [2.45, 2.75) is 57.4 Å². The van der Waals surface area contributed by atoms with Gasteiger partial charge in [0.2, 0.25) is 16.8 Å². The molecule has 1 saturated carbocycles. The number of aromatic nitrogens is 1. The van der Waals surface area contributed by atoms with E-state index in [-0.39, 0.29) is 31.0 Å². The van der Waals surface area contributed by atoms with Crippen molar-refractivity contribution in [1.29, 1.82) is 0 Å². The van der Waals surface area contributed by atoms with E-state index in [0.717, 1.165) is 52.4 Å². The summed E-state index contributed by atoms with van der Waals surface area (Å²) < 4.78 is 37.0. The van der Waals surface area contributed by atoms with E-state index in [9.17, 15) is 13.2 Å². The lowest BCUT2D eigenvalue weighted by atomic mass is 9.87. The first-order valence-electron chi connectivity index (χ1n) is 11.5. The molecule has 34 heavy (non-hydrogen) atoms. The molecular weight excluding hydrogens is 452 g/mol. The molecule has 1 fully saturated rings. The molecule has 0 atom stereocenters. The Morgan fingerprint density at radius 3 is 2.50 bits per heavy atom. The van der Waals surface area contributed by atoms with Gasteiger partial charge in [-0.1, -0.05) is 32.9 Å². The summed E-state index contributed by atoms with van der Waals surface area (Å²) in [6.07, 6.45) is 3.06. The molecule has 0 radical (unpaired) electrons. The molecule has 2 heterocycles. The highest BCUT2D eigenvalue weighted by molar-refractivity contribution is 7.88. The molecule has 180 valence electrons. The summed E-state index contributed by atoms with van der Waals surface area (Å²) in [5.41, 5.74) is 4.06. The largest absolute Gasteiger partial charge is 0.454 e. The van der Waals surface area contributed by atoms with Crippen LogP contribution in [0.4, 0.5) is 0 Å². The second kappa shape index (κ2) is 7.85. The molecular formula is C26H30N2O5S. The van der Waals surface area contributed by atoms with Crippen LogP contribution in [0.2, 0.25) is 0 Å². The van der Waals surface area contributed by atoms with Crippen LogP contribution in [0, 0.1) is 0 Å². The van der Waals surface area contributed by atoms with Gasteiger partial charge in [0, 0.05) is 29.5 Å². The van der Waals surface area contributed by atoms with Crippen LogP contribution in [0.1, 0.15) is 56.0 Å². The van der Waals surface area contributed by atoms with Gasteiger partial charge in [-0.25, -0.2) is 13.1 Å². The molecule has 0 bridgehead atoms. The minimum absolute atomic E-state index is 0.0893. The highest BCUT2D eigenvalue weighted by Gasteiger charge is 2.50. The highest BCUT2D eigenvalue weighted by atomic mass is 32.2. The van der Waals surface area contributed by atoms with Crippen LogP contribution in [0.15, 0.2) is 36.4 Å². The first-order chi connectivity index (χ1) is 15.9. The van der Waals surface area contributed by atoms with Crippen molar-refractivity contribution in [3.63, 3.8) is 0 Å². The van der Waals surface area contributed by atoms with E-state index in [0.29, 0.717) is 11.5 Å². The Bertz CT molecular complexity index is 1390. The van der Waals surface area contributed by atoms with E-state index in [1.54, 1.807) is 0 Å². The molecule has 5 rings (SSSR count). The smallest absolute Gasteiger partial charge is 0.231 e. The summed E-state index contributed by atoms with van der Waals surface area (Å²) in [6, 6.07) is 11.8. The van der Waals surface area contributed by atoms with Gasteiger partial charge in [-0.15, -0.1) is 0 Å². The summed E-state index contributed by atoms with van der Waals surface area (Å²) in [7, 11) is -3.36. The Morgan fingerprint density at radius 2 is 1.82 bits per heavy atom. The minimum atomic E-state index is -3.36. The van der Waals surface area contributed by atoms with Crippen LogP contribution < -0.4 is 14.2 Å². The van der Waals surface area contributed by atoms with Gasteiger partial charge in [0.25, 0.3) is 0 Å². The fraction of sp³-hybridized carbons (Fsp3) is 0.423. The van der Waals surface area contributed by atoms with Gasteiger partial charge in [0.1, 0.15) is 5.78 Å². The molecule has 0 spiro atoms. The molecule has 3 aromatic rings. The van der Waals surface area contributed by atoms with Crippen molar-refractivity contribution in [3.05, 3.63) is 58.8 Å². The first kappa shape index (κ1) is 22.9. The fourth-order valence-electron chi connectivity index (χ4n) is 4.64. The maximum atomic E-state index is 13.5. The van der Waals surface area contributed by atoms with Crippen molar-refractivity contribution in [2.24, 2.45) is 0 Å². The molecule has 1 aliphatic carbocycles. The summed E-state index contributed by atoms with van der Waals surface area (Å²) >= 11 is 0. The van der Waals surface area contributed by atoms with Crippen molar-refractivity contribution < 1.29 is 22.7 Å². The van der Waals surface area contributed by atoms with E-state index in [1.165, 1.54) is 0 Å². The monoisotopic (exact) mass is 482 g/mol. The molecule has 2 aliphatic rings. The average molecular weight is 483 g/mol. The normalized spacial score (nSPS) is 16.7.